The van der Waals surface area contributed by atoms with E-state index in [1.165, 1.54) is 36.0 Å². The van der Waals surface area contributed by atoms with E-state index < -0.39 is 22.9 Å². The Morgan fingerprint density at radius 3 is 2.46 bits per heavy atom. The lowest BCUT2D eigenvalue weighted by molar-refractivity contribution is -0.122. The number of nitrogens with one attached hydrogen (secondary N) is 1. The van der Waals surface area contributed by atoms with Crippen molar-refractivity contribution < 1.29 is 18.7 Å². The van der Waals surface area contributed by atoms with Gasteiger partial charge in [-0.1, -0.05) is 59.0 Å². The number of rotatable bonds is 5. The molecule has 37 heavy (non-hydrogen) atoms. The van der Waals surface area contributed by atoms with Crippen molar-refractivity contribution in [1.29, 1.82) is 0 Å². The van der Waals surface area contributed by atoms with Gasteiger partial charge in [-0.05, 0) is 59.7 Å². The fourth-order valence-electron chi connectivity index (χ4n) is 4.79. The van der Waals surface area contributed by atoms with E-state index in [-0.39, 0.29) is 16.7 Å². The van der Waals surface area contributed by atoms with E-state index in [0.29, 0.717) is 28.1 Å². The van der Waals surface area contributed by atoms with Crippen LogP contribution in [-0.2, 0) is 16.2 Å². The number of thiazole rings is 1. The van der Waals surface area contributed by atoms with Gasteiger partial charge in [0.05, 0.1) is 16.6 Å². The maximum Gasteiger partial charge on any atom is 0.305 e. The summed E-state index contributed by atoms with van der Waals surface area (Å²) in [6, 6.07) is 20.0. The maximum absolute atomic E-state index is 13.7. The van der Waals surface area contributed by atoms with Crippen molar-refractivity contribution in [2.75, 3.05) is 4.90 Å². The Morgan fingerprint density at radius 1 is 0.973 bits per heavy atom. The van der Waals surface area contributed by atoms with Gasteiger partial charge in [-0.25, -0.2) is 9.29 Å². The highest BCUT2D eigenvalue weighted by Gasteiger charge is 2.56. The summed E-state index contributed by atoms with van der Waals surface area (Å²) in [5.74, 6) is -1.77. The summed E-state index contributed by atoms with van der Waals surface area (Å²) in [5, 5.41) is 0.525. The number of imide groups is 1. The lowest BCUT2D eigenvalue weighted by Crippen LogP contribution is -2.32. The minimum absolute atomic E-state index is 0.237. The van der Waals surface area contributed by atoms with E-state index in [1.807, 2.05) is 42.5 Å². The first kappa shape index (κ1) is 24.0. The minimum atomic E-state index is -0.709. The minimum Gasteiger partial charge on any atom is -0.489 e. The van der Waals surface area contributed by atoms with Crippen LogP contribution in [0, 0.1) is 11.7 Å². The Bertz CT molecular complexity index is 1570. The van der Waals surface area contributed by atoms with E-state index in [2.05, 4.69) is 4.98 Å². The van der Waals surface area contributed by atoms with E-state index >= 15 is 0 Å². The quantitative estimate of drug-likeness (QED) is 0.326. The monoisotopic (exact) mass is 552 g/mol. The fraction of sp³-hybridized carbons (Fsp3) is 0.148. The molecule has 0 spiro atoms. The van der Waals surface area contributed by atoms with Gasteiger partial charge in [-0.3, -0.25) is 14.4 Å². The van der Waals surface area contributed by atoms with Crippen molar-refractivity contribution in [3.8, 4) is 5.75 Å². The molecule has 1 saturated heterocycles. The Kier molecular flexibility index (Phi) is 6.14. The number of hydrogen-bond acceptors (Lipinski definition) is 6. The molecule has 6 rings (SSSR count). The fourth-order valence-corrected chi connectivity index (χ4v) is 7.51. The summed E-state index contributed by atoms with van der Waals surface area (Å²) in [6.45, 7) is 0.341. The number of H-pyrrole nitrogens is 1. The van der Waals surface area contributed by atoms with E-state index in [4.69, 9.17) is 16.3 Å². The first-order valence-electron chi connectivity index (χ1n) is 11.4. The van der Waals surface area contributed by atoms with Gasteiger partial charge in [0.15, 0.2) is 0 Å². The second-order valence-corrected chi connectivity index (χ2v) is 11.3. The third kappa shape index (κ3) is 4.37. The van der Waals surface area contributed by atoms with Crippen LogP contribution in [0.2, 0.25) is 5.02 Å². The number of halogens is 2. The summed E-state index contributed by atoms with van der Waals surface area (Å²) < 4.78 is 19.4. The number of nitrogens with zero attached hydrogens (tertiary/aromatic N) is 1. The van der Waals surface area contributed by atoms with Crippen LogP contribution in [-0.4, -0.2) is 22.0 Å². The molecule has 3 aromatic carbocycles. The Labute approximate surface area is 224 Å². The maximum atomic E-state index is 13.7. The van der Waals surface area contributed by atoms with Crippen molar-refractivity contribution >= 4 is 52.2 Å². The molecule has 0 unspecified atom stereocenters. The number of aromatic amines is 1. The molecule has 186 valence electrons. The van der Waals surface area contributed by atoms with Gasteiger partial charge in [0.25, 0.3) is 0 Å². The van der Waals surface area contributed by atoms with Crippen LogP contribution in [0.4, 0.5) is 10.1 Å². The van der Waals surface area contributed by atoms with Gasteiger partial charge in [0, 0.05) is 15.8 Å². The van der Waals surface area contributed by atoms with Crippen LogP contribution < -0.4 is 14.5 Å². The molecular weight excluding hydrogens is 535 g/mol. The molecule has 0 bridgehead atoms. The number of thioether (sulfide) groups is 1. The summed E-state index contributed by atoms with van der Waals surface area (Å²) in [5.41, 5.74) is 2.05. The molecule has 0 radical (unpaired) electrons. The number of carbonyl (C=O) groups excluding carboxylic acids is 2. The SMILES string of the molecule is O=C1[C@H]2[C@H](c3ccc(OCc4cccc(Cl)c4)cc3)c3sc(=O)[nH]c3S[C@H]2C(=O)N1c1ccc(F)cc1. The lowest BCUT2D eigenvalue weighted by atomic mass is 9.83. The number of aromatic nitrogens is 1. The molecule has 2 aliphatic rings. The van der Waals surface area contributed by atoms with Gasteiger partial charge >= 0.3 is 4.87 Å². The second kappa shape index (κ2) is 9.48. The predicted octanol–water partition coefficient (Wildman–Crippen LogP) is 5.60. The number of ether oxygens (including phenoxy) is 1. The number of carbonyl (C=O) groups is 2. The molecule has 3 heterocycles. The predicted molar refractivity (Wildman–Crippen MR) is 141 cm³/mol. The van der Waals surface area contributed by atoms with E-state index in [1.54, 1.807) is 6.07 Å². The molecule has 1 aromatic heterocycles. The summed E-state index contributed by atoms with van der Waals surface area (Å²) in [4.78, 5) is 43.7. The van der Waals surface area contributed by atoms with Crippen molar-refractivity contribution in [2.45, 2.75) is 22.8 Å². The van der Waals surface area contributed by atoms with Crippen molar-refractivity contribution in [3.05, 3.63) is 109 Å². The first-order valence-corrected chi connectivity index (χ1v) is 13.5. The standard InChI is InChI=1S/C27H18ClFN2O4S2/c28-16-3-1-2-14(12-16)13-35-19-10-4-15(5-11-19)20-21-23(36-24-22(20)37-27(34)30-24)26(33)31(25(21)32)18-8-6-17(29)7-9-18/h1-12,20-21,23H,13H2,(H,30,34)/t20-,21-,23+/m0/s1. The third-order valence-electron chi connectivity index (χ3n) is 6.44. The molecule has 1 fully saturated rings. The van der Waals surface area contributed by atoms with Crippen LogP contribution in [0.3, 0.4) is 0 Å². The number of fused-ring (bicyclic) bond motifs is 2. The Hall–Kier alpha value is -3.40. The number of anilines is 1. The second-order valence-electron chi connectivity index (χ2n) is 8.73. The van der Waals surface area contributed by atoms with E-state index in [0.717, 1.165) is 32.2 Å². The molecule has 1 N–H and O–H groups in total. The van der Waals surface area contributed by atoms with Crippen LogP contribution in [0.15, 0.2) is 82.6 Å². The van der Waals surface area contributed by atoms with Crippen LogP contribution in [0.5, 0.6) is 5.75 Å². The highest BCUT2D eigenvalue weighted by Crippen LogP contribution is 2.53. The van der Waals surface area contributed by atoms with Gasteiger partial charge in [-0.15, -0.1) is 0 Å². The van der Waals surface area contributed by atoms with Crippen molar-refractivity contribution in [2.24, 2.45) is 5.92 Å². The zero-order valence-corrected chi connectivity index (χ0v) is 21.4. The number of amides is 2. The summed E-state index contributed by atoms with van der Waals surface area (Å²) in [7, 11) is 0. The topological polar surface area (TPSA) is 79.5 Å². The Balaban J connectivity index is 1.32. The third-order valence-corrected chi connectivity index (χ3v) is 9.08. The van der Waals surface area contributed by atoms with Gasteiger partial charge < -0.3 is 9.72 Å². The van der Waals surface area contributed by atoms with Crippen LogP contribution >= 0.6 is 34.7 Å². The lowest BCUT2D eigenvalue weighted by Gasteiger charge is -2.29. The zero-order valence-electron chi connectivity index (χ0n) is 19.0. The Morgan fingerprint density at radius 2 is 1.73 bits per heavy atom. The zero-order chi connectivity index (χ0) is 25.7. The van der Waals surface area contributed by atoms with Gasteiger partial charge in [0.2, 0.25) is 11.8 Å². The number of benzene rings is 3. The molecule has 0 saturated carbocycles. The molecule has 10 heteroatoms. The summed E-state index contributed by atoms with van der Waals surface area (Å²) in [6.07, 6.45) is 0. The average molecular weight is 553 g/mol. The van der Waals surface area contributed by atoms with Crippen molar-refractivity contribution in [1.82, 2.24) is 4.98 Å². The van der Waals surface area contributed by atoms with Gasteiger partial charge in [0.1, 0.15) is 23.4 Å². The average Bonchev–Trinajstić information content (AvgIpc) is 3.38. The highest BCUT2D eigenvalue weighted by atomic mass is 35.5. The molecular formula is C27H18ClFN2O4S2. The largest absolute Gasteiger partial charge is 0.489 e. The van der Waals surface area contributed by atoms with E-state index in [9.17, 15) is 18.8 Å². The first-order chi connectivity index (χ1) is 17.9. The van der Waals surface area contributed by atoms with Crippen LogP contribution in [0.25, 0.3) is 0 Å². The van der Waals surface area contributed by atoms with Gasteiger partial charge in [-0.2, -0.15) is 0 Å². The normalized spacial score (nSPS) is 20.6. The molecule has 6 nitrogen and oxygen atoms in total. The van der Waals surface area contributed by atoms with Crippen LogP contribution in [0.1, 0.15) is 21.9 Å². The molecule has 2 aliphatic heterocycles. The summed E-state index contributed by atoms with van der Waals surface area (Å²) >= 11 is 8.30. The molecule has 4 aromatic rings. The smallest absolute Gasteiger partial charge is 0.305 e. The molecule has 3 atom stereocenters. The highest BCUT2D eigenvalue weighted by molar-refractivity contribution is 8.00. The van der Waals surface area contributed by atoms with Crippen molar-refractivity contribution in [3.63, 3.8) is 0 Å². The molecule has 2 amide bonds. The molecule has 0 aliphatic carbocycles. The number of hydrogen-bond donors (Lipinski definition) is 1.